The monoisotopic (exact) mass is 276 g/mol. The van der Waals surface area contributed by atoms with Gasteiger partial charge < -0.3 is 0 Å². The van der Waals surface area contributed by atoms with Crippen LogP contribution in [-0.2, 0) is 0 Å². The molecular weight excluding hydrogens is 259 g/mol. The molecule has 0 heterocycles. The van der Waals surface area contributed by atoms with E-state index in [9.17, 15) is 0 Å². The number of allylic oxidation sites excluding steroid dienone is 2. The number of hydrogen-bond donors (Lipinski definition) is 0. The first-order valence-electron chi connectivity index (χ1n) is 4.91. The second-order valence-electron chi connectivity index (χ2n) is 4.76. The fourth-order valence-corrected chi connectivity index (χ4v) is 3.49. The van der Waals surface area contributed by atoms with E-state index in [0.717, 1.165) is 11.8 Å². The molecule has 0 nitrogen and oxygen atoms in total. The van der Waals surface area contributed by atoms with Gasteiger partial charge in [0.1, 0.15) is 0 Å². The summed E-state index contributed by atoms with van der Waals surface area (Å²) >= 11 is 2.49. The maximum absolute atomic E-state index is 2.52. The molecule has 0 saturated heterocycles. The zero-order chi connectivity index (χ0) is 8.77. The van der Waals surface area contributed by atoms with E-state index >= 15 is 0 Å². The molecule has 3 aliphatic carbocycles. The molecule has 0 N–H and O–H groups in total. The van der Waals surface area contributed by atoms with Crippen LogP contribution in [0.5, 0.6) is 0 Å². The Bertz CT molecular complexity index is 215. The van der Waals surface area contributed by atoms with E-state index < -0.39 is 0 Å². The Kier molecular flexibility index (Phi) is 2.26. The van der Waals surface area contributed by atoms with Crippen LogP contribution in [0.2, 0.25) is 0 Å². The Morgan fingerprint density at radius 2 is 2.33 bits per heavy atom. The molecule has 1 fully saturated rings. The Hall–Kier alpha value is 0.470. The van der Waals surface area contributed by atoms with Gasteiger partial charge in [0.15, 0.2) is 0 Å². The van der Waals surface area contributed by atoms with Crippen molar-refractivity contribution in [3.63, 3.8) is 0 Å². The molecule has 0 aromatic rings. The van der Waals surface area contributed by atoms with Gasteiger partial charge in [0.25, 0.3) is 0 Å². The summed E-state index contributed by atoms with van der Waals surface area (Å²) in [5.41, 5.74) is 2.40. The number of rotatable bonds is 2. The van der Waals surface area contributed by atoms with Crippen molar-refractivity contribution in [2.45, 2.75) is 33.1 Å². The van der Waals surface area contributed by atoms with Crippen LogP contribution >= 0.6 is 22.6 Å². The molecule has 0 aromatic heterocycles. The lowest BCUT2D eigenvalue weighted by Gasteiger charge is -2.56. The Balaban J connectivity index is 2.13. The quantitative estimate of drug-likeness (QED) is 0.409. The predicted octanol–water partition coefficient (Wildman–Crippen LogP) is 3.80. The lowest BCUT2D eigenvalue weighted by molar-refractivity contribution is -0.00762. The molecule has 2 bridgehead atoms. The minimum atomic E-state index is 0.635. The van der Waals surface area contributed by atoms with Crippen LogP contribution in [0.4, 0.5) is 0 Å². The molecule has 3 aliphatic rings. The summed E-state index contributed by atoms with van der Waals surface area (Å²) in [7, 11) is 0. The minimum Gasteiger partial charge on any atom is -0.0860 e. The van der Waals surface area contributed by atoms with Crippen molar-refractivity contribution in [3.05, 3.63) is 11.6 Å². The van der Waals surface area contributed by atoms with E-state index in [1.807, 2.05) is 0 Å². The molecule has 12 heavy (non-hydrogen) atoms. The third-order valence-corrected chi connectivity index (χ3v) is 4.51. The smallest absolute Gasteiger partial charge is 0.00327 e. The number of alkyl halides is 1. The van der Waals surface area contributed by atoms with Crippen LogP contribution in [-0.4, -0.2) is 4.43 Å². The van der Waals surface area contributed by atoms with Crippen molar-refractivity contribution in [1.82, 2.24) is 0 Å². The topological polar surface area (TPSA) is 0 Å². The average Bonchev–Trinajstić information content (AvgIpc) is 2.05. The van der Waals surface area contributed by atoms with Gasteiger partial charge in [0.05, 0.1) is 0 Å². The van der Waals surface area contributed by atoms with Gasteiger partial charge in [-0.15, -0.1) is 0 Å². The highest BCUT2D eigenvalue weighted by atomic mass is 127. The van der Waals surface area contributed by atoms with E-state index in [1.54, 1.807) is 5.57 Å². The lowest BCUT2D eigenvalue weighted by Crippen LogP contribution is -2.48. The van der Waals surface area contributed by atoms with Crippen LogP contribution in [0, 0.1) is 17.3 Å². The second-order valence-corrected chi connectivity index (χ2v) is 5.84. The average molecular weight is 276 g/mol. The fraction of sp³-hybridized carbons (Fsp3) is 0.818. The van der Waals surface area contributed by atoms with Gasteiger partial charge in [-0.3, -0.25) is 0 Å². The van der Waals surface area contributed by atoms with Gasteiger partial charge in [-0.2, -0.15) is 0 Å². The van der Waals surface area contributed by atoms with Crippen LogP contribution in [0.1, 0.15) is 33.1 Å². The number of fused-ring (bicyclic) bond motifs is 1. The highest BCUT2D eigenvalue weighted by Crippen LogP contribution is 2.59. The van der Waals surface area contributed by atoms with Crippen molar-refractivity contribution in [2.75, 3.05) is 4.43 Å². The molecule has 0 amide bonds. The summed E-state index contributed by atoms with van der Waals surface area (Å²) in [5, 5.41) is 0. The third kappa shape index (κ3) is 1.16. The lowest BCUT2D eigenvalue weighted by atomic mass is 9.48. The molecule has 1 saturated carbocycles. The molecule has 0 spiro atoms. The summed E-state index contributed by atoms with van der Waals surface area (Å²) < 4.78 is 1.29. The molecule has 0 unspecified atom stereocenters. The zero-order valence-corrected chi connectivity index (χ0v) is 10.1. The SMILES string of the molecule is CC1(C)[C@H]2CC=C(CCI)[C@@H]1C2. The molecule has 2 atom stereocenters. The molecule has 0 aliphatic heterocycles. The minimum absolute atomic E-state index is 0.635. The standard InChI is InChI=1S/C11H17I/c1-11(2)9-4-3-8(5-6-12)10(11)7-9/h3,9-10H,4-7H2,1-2H3/t9-,10-/m0/s1. The Morgan fingerprint density at radius 3 is 2.83 bits per heavy atom. The molecule has 0 aromatic carbocycles. The zero-order valence-electron chi connectivity index (χ0n) is 7.94. The van der Waals surface area contributed by atoms with Crippen LogP contribution in [0.15, 0.2) is 11.6 Å². The second kappa shape index (κ2) is 3.00. The highest BCUT2D eigenvalue weighted by molar-refractivity contribution is 14.1. The van der Waals surface area contributed by atoms with Crippen LogP contribution in [0.25, 0.3) is 0 Å². The fourth-order valence-electron chi connectivity index (χ4n) is 2.87. The maximum atomic E-state index is 2.52. The van der Waals surface area contributed by atoms with E-state index in [2.05, 4.69) is 42.5 Å². The largest absolute Gasteiger partial charge is 0.0860 e. The van der Waals surface area contributed by atoms with E-state index in [0.29, 0.717) is 5.41 Å². The van der Waals surface area contributed by atoms with Crippen molar-refractivity contribution in [3.8, 4) is 0 Å². The van der Waals surface area contributed by atoms with Crippen molar-refractivity contribution < 1.29 is 0 Å². The molecule has 1 heteroatoms. The first-order valence-corrected chi connectivity index (χ1v) is 6.43. The Morgan fingerprint density at radius 1 is 1.58 bits per heavy atom. The van der Waals surface area contributed by atoms with Gasteiger partial charge in [0.2, 0.25) is 0 Å². The van der Waals surface area contributed by atoms with Gasteiger partial charge in [0, 0.05) is 4.43 Å². The van der Waals surface area contributed by atoms with Crippen molar-refractivity contribution in [2.24, 2.45) is 17.3 Å². The van der Waals surface area contributed by atoms with Gasteiger partial charge >= 0.3 is 0 Å². The summed E-state index contributed by atoms with van der Waals surface area (Å²) in [6.07, 6.45) is 6.69. The van der Waals surface area contributed by atoms with Crippen LogP contribution in [0.3, 0.4) is 0 Å². The molecule has 68 valence electrons. The number of halogens is 1. The molecule has 3 rings (SSSR count). The van der Waals surface area contributed by atoms with E-state index in [4.69, 9.17) is 0 Å². The number of hydrogen-bond acceptors (Lipinski definition) is 0. The van der Waals surface area contributed by atoms with Crippen LogP contribution < -0.4 is 0 Å². The Labute approximate surface area is 88.9 Å². The summed E-state index contributed by atoms with van der Waals surface area (Å²) in [5.74, 6) is 1.94. The van der Waals surface area contributed by atoms with Gasteiger partial charge in [-0.25, -0.2) is 0 Å². The van der Waals surface area contributed by atoms with E-state index in [-0.39, 0.29) is 0 Å². The highest BCUT2D eigenvalue weighted by Gasteiger charge is 2.50. The summed E-state index contributed by atoms with van der Waals surface area (Å²) in [6.45, 7) is 4.90. The normalized spacial score (nSPS) is 37.1. The predicted molar refractivity (Wildman–Crippen MR) is 61.6 cm³/mol. The third-order valence-electron chi connectivity index (χ3n) is 3.97. The first-order chi connectivity index (χ1) is 5.66. The van der Waals surface area contributed by atoms with Crippen molar-refractivity contribution in [1.29, 1.82) is 0 Å². The van der Waals surface area contributed by atoms with E-state index in [1.165, 1.54) is 23.7 Å². The molecule has 0 radical (unpaired) electrons. The summed E-state index contributed by atoms with van der Waals surface area (Å²) in [4.78, 5) is 0. The first kappa shape index (κ1) is 9.04. The maximum Gasteiger partial charge on any atom is 0.00327 e. The van der Waals surface area contributed by atoms with Crippen molar-refractivity contribution >= 4 is 22.6 Å². The van der Waals surface area contributed by atoms with Gasteiger partial charge in [-0.1, -0.05) is 48.1 Å². The summed E-state index contributed by atoms with van der Waals surface area (Å²) in [6, 6.07) is 0. The van der Waals surface area contributed by atoms with Gasteiger partial charge in [-0.05, 0) is 36.5 Å². The molecular formula is C11H17I.